The number of unbranched alkanes of at least 4 members (excludes halogenated alkanes) is 50. The van der Waals surface area contributed by atoms with Crippen molar-refractivity contribution in [1.82, 2.24) is 5.32 Å². The van der Waals surface area contributed by atoms with Crippen molar-refractivity contribution in [3.63, 3.8) is 0 Å². The summed E-state index contributed by atoms with van der Waals surface area (Å²) in [4.78, 5) is 12.5. The molecule has 3 N–H and O–H groups in total. The highest BCUT2D eigenvalue weighted by Gasteiger charge is 2.18. The summed E-state index contributed by atoms with van der Waals surface area (Å²) in [6.07, 6.45) is 80.9. The summed E-state index contributed by atoms with van der Waals surface area (Å²) >= 11 is 0. The first-order valence-electron chi connectivity index (χ1n) is 31.6. The molecule has 0 saturated heterocycles. The van der Waals surface area contributed by atoms with Crippen molar-refractivity contribution in [2.45, 2.75) is 373 Å². The lowest BCUT2D eigenvalue weighted by molar-refractivity contribution is -0.123. The lowest BCUT2D eigenvalue weighted by Crippen LogP contribution is -2.45. The molecule has 68 heavy (non-hydrogen) atoms. The third-order valence-electron chi connectivity index (χ3n) is 14.9. The van der Waals surface area contributed by atoms with E-state index >= 15 is 0 Å². The van der Waals surface area contributed by atoms with Gasteiger partial charge in [-0.25, -0.2) is 0 Å². The van der Waals surface area contributed by atoms with Crippen LogP contribution in [0.15, 0.2) is 24.3 Å². The smallest absolute Gasteiger partial charge is 0.220 e. The molecule has 4 heteroatoms. The number of aliphatic hydroxyl groups excluding tert-OH is 2. The highest BCUT2D eigenvalue weighted by atomic mass is 16.3. The zero-order valence-corrected chi connectivity index (χ0v) is 46.7. The van der Waals surface area contributed by atoms with Crippen LogP contribution < -0.4 is 5.32 Å². The fourth-order valence-corrected chi connectivity index (χ4v) is 10.1. The van der Waals surface area contributed by atoms with Crippen LogP contribution in [0.1, 0.15) is 361 Å². The van der Waals surface area contributed by atoms with Gasteiger partial charge in [-0.05, 0) is 44.9 Å². The molecule has 0 radical (unpaired) electrons. The van der Waals surface area contributed by atoms with Crippen LogP contribution >= 0.6 is 0 Å². The molecule has 2 unspecified atom stereocenters. The number of carbonyl (C=O) groups excluding carboxylic acids is 1. The van der Waals surface area contributed by atoms with Gasteiger partial charge in [0.05, 0.1) is 18.8 Å². The van der Waals surface area contributed by atoms with Gasteiger partial charge in [-0.15, -0.1) is 0 Å². The van der Waals surface area contributed by atoms with E-state index in [1.807, 2.05) is 6.08 Å². The van der Waals surface area contributed by atoms with E-state index in [-0.39, 0.29) is 12.5 Å². The predicted octanol–water partition coefficient (Wildman–Crippen LogP) is 21.0. The molecule has 2 atom stereocenters. The summed E-state index contributed by atoms with van der Waals surface area (Å²) in [5, 5.41) is 23.2. The maximum Gasteiger partial charge on any atom is 0.220 e. The monoisotopic (exact) mass is 956 g/mol. The average molecular weight is 957 g/mol. The molecular formula is C64H125NO3. The van der Waals surface area contributed by atoms with Gasteiger partial charge in [0.2, 0.25) is 5.91 Å². The van der Waals surface area contributed by atoms with Crippen LogP contribution in [0.2, 0.25) is 0 Å². The van der Waals surface area contributed by atoms with Crippen molar-refractivity contribution in [3.05, 3.63) is 24.3 Å². The first kappa shape index (κ1) is 66.9. The lowest BCUT2D eigenvalue weighted by atomic mass is 10.0. The second-order valence-corrected chi connectivity index (χ2v) is 21.8. The number of hydrogen-bond acceptors (Lipinski definition) is 3. The van der Waals surface area contributed by atoms with E-state index in [2.05, 4.69) is 31.3 Å². The minimum Gasteiger partial charge on any atom is -0.394 e. The number of hydrogen-bond donors (Lipinski definition) is 3. The minimum atomic E-state index is -0.838. The second-order valence-electron chi connectivity index (χ2n) is 21.8. The molecule has 0 heterocycles. The quantitative estimate of drug-likeness (QED) is 0.0420. The Morgan fingerprint density at radius 2 is 0.559 bits per heavy atom. The van der Waals surface area contributed by atoms with Gasteiger partial charge in [0.25, 0.3) is 0 Å². The SMILES string of the molecule is CCCCCCCCCC/C=C\CCCCCCCCCCCCCCCCCCCCCC(=O)NC(CO)C(O)/C=C/CCCCCCCCCCCCCCCCCCCCCCCCC. The Morgan fingerprint density at radius 3 is 0.809 bits per heavy atom. The van der Waals surface area contributed by atoms with Crippen molar-refractivity contribution in [3.8, 4) is 0 Å². The van der Waals surface area contributed by atoms with E-state index in [1.165, 1.54) is 315 Å². The van der Waals surface area contributed by atoms with Gasteiger partial charge in [-0.3, -0.25) is 4.79 Å². The Hall–Kier alpha value is -1.13. The van der Waals surface area contributed by atoms with Crippen LogP contribution in [0, 0.1) is 0 Å². The Balaban J connectivity index is 3.43. The molecule has 0 spiro atoms. The highest BCUT2D eigenvalue weighted by molar-refractivity contribution is 5.76. The van der Waals surface area contributed by atoms with Gasteiger partial charge < -0.3 is 15.5 Å². The number of carbonyl (C=O) groups is 1. The normalized spacial score (nSPS) is 12.8. The average Bonchev–Trinajstić information content (AvgIpc) is 3.34. The molecule has 0 rings (SSSR count). The molecule has 0 aromatic rings. The summed E-state index contributed by atoms with van der Waals surface area (Å²) in [5.41, 5.74) is 0. The lowest BCUT2D eigenvalue weighted by Gasteiger charge is -2.20. The maximum atomic E-state index is 12.5. The standard InChI is InChI=1S/C64H125NO3/c1-3-5-7-9-11-13-15-17-19-21-23-25-27-29-30-31-32-33-34-36-38-40-42-44-46-48-50-52-54-56-58-60-64(68)65-62(61-66)63(67)59-57-55-53-51-49-47-45-43-41-39-37-35-28-26-24-22-20-18-16-14-12-10-8-6-4-2/h21,23,57,59,62-63,66-67H,3-20,22,24-56,58,60-61H2,1-2H3,(H,65,68)/b23-21-,59-57+. The van der Waals surface area contributed by atoms with Gasteiger partial charge in [-0.2, -0.15) is 0 Å². The molecule has 0 aromatic carbocycles. The molecule has 0 aliphatic heterocycles. The van der Waals surface area contributed by atoms with E-state index in [9.17, 15) is 15.0 Å². The van der Waals surface area contributed by atoms with Crippen LogP contribution in [0.3, 0.4) is 0 Å². The van der Waals surface area contributed by atoms with Crippen molar-refractivity contribution in [2.75, 3.05) is 6.61 Å². The molecule has 0 bridgehead atoms. The summed E-state index contributed by atoms with van der Waals surface area (Å²) in [6.45, 7) is 4.35. The van der Waals surface area contributed by atoms with Gasteiger partial charge in [-0.1, -0.05) is 334 Å². The first-order chi connectivity index (χ1) is 33.7. The molecule has 0 aliphatic rings. The van der Waals surface area contributed by atoms with E-state index < -0.39 is 12.1 Å². The topological polar surface area (TPSA) is 69.6 Å². The van der Waals surface area contributed by atoms with E-state index in [0.29, 0.717) is 6.42 Å². The van der Waals surface area contributed by atoms with Crippen LogP contribution in [0.25, 0.3) is 0 Å². The minimum absolute atomic E-state index is 0.0558. The van der Waals surface area contributed by atoms with Crippen LogP contribution in [-0.4, -0.2) is 34.9 Å². The molecule has 0 fully saturated rings. The van der Waals surface area contributed by atoms with Crippen molar-refractivity contribution in [1.29, 1.82) is 0 Å². The van der Waals surface area contributed by atoms with Gasteiger partial charge in [0.1, 0.15) is 0 Å². The van der Waals surface area contributed by atoms with Gasteiger partial charge in [0.15, 0.2) is 0 Å². The van der Waals surface area contributed by atoms with Crippen LogP contribution in [-0.2, 0) is 4.79 Å². The first-order valence-corrected chi connectivity index (χ1v) is 31.6. The van der Waals surface area contributed by atoms with Gasteiger partial charge in [0, 0.05) is 6.42 Å². The fraction of sp³-hybridized carbons (Fsp3) is 0.922. The summed E-state index contributed by atoms with van der Waals surface area (Å²) in [7, 11) is 0. The van der Waals surface area contributed by atoms with Crippen molar-refractivity contribution >= 4 is 5.91 Å². The predicted molar refractivity (Wildman–Crippen MR) is 304 cm³/mol. The molecule has 0 saturated carbocycles. The molecule has 0 aliphatic carbocycles. The van der Waals surface area contributed by atoms with E-state index in [1.54, 1.807) is 6.08 Å². The Morgan fingerprint density at radius 1 is 0.338 bits per heavy atom. The molecule has 4 nitrogen and oxygen atoms in total. The third-order valence-corrected chi connectivity index (χ3v) is 14.9. The number of aliphatic hydroxyl groups is 2. The molecule has 404 valence electrons. The van der Waals surface area contributed by atoms with Crippen molar-refractivity contribution < 1.29 is 15.0 Å². The third kappa shape index (κ3) is 55.8. The number of allylic oxidation sites excluding steroid dienone is 3. The Labute approximate surface area is 428 Å². The molecule has 1 amide bonds. The van der Waals surface area contributed by atoms with E-state index in [4.69, 9.17) is 0 Å². The number of amides is 1. The zero-order chi connectivity index (χ0) is 49.2. The van der Waals surface area contributed by atoms with Crippen LogP contribution in [0.5, 0.6) is 0 Å². The van der Waals surface area contributed by atoms with Crippen molar-refractivity contribution in [2.24, 2.45) is 0 Å². The fourth-order valence-electron chi connectivity index (χ4n) is 10.1. The zero-order valence-electron chi connectivity index (χ0n) is 46.7. The summed E-state index contributed by atoms with van der Waals surface area (Å²) in [5.74, 6) is -0.0558. The second kappa shape index (κ2) is 60.2. The molecule has 0 aromatic heterocycles. The molecular weight excluding hydrogens is 831 g/mol. The summed E-state index contributed by atoms with van der Waals surface area (Å²) < 4.78 is 0. The number of rotatable bonds is 59. The highest BCUT2D eigenvalue weighted by Crippen LogP contribution is 2.18. The van der Waals surface area contributed by atoms with Crippen LogP contribution in [0.4, 0.5) is 0 Å². The Kier molecular flexibility index (Phi) is 59.2. The van der Waals surface area contributed by atoms with Gasteiger partial charge >= 0.3 is 0 Å². The van der Waals surface area contributed by atoms with E-state index in [0.717, 1.165) is 25.7 Å². The summed E-state index contributed by atoms with van der Waals surface area (Å²) in [6, 6.07) is -0.620. The maximum absolute atomic E-state index is 12.5. The Bertz CT molecular complexity index is 994. The largest absolute Gasteiger partial charge is 0.394 e. The number of nitrogens with one attached hydrogen (secondary N) is 1.